The molecule has 3 aliphatic carbocycles. The molecule has 8 nitrogen and oxygen atoms in total. The number of hydrogen-bond acceptors (Lipinski definition) is 8. The van der Waals surface area contributed by atoms with Gasteiger partial charge in [0, 0.05) is 19.6 Å². The van der Waals surface area contributed by atoms with Crippen LogP contribution >= 0.6 is 0 Å². The van der Waals surface area contributed by atoms with Crippen molar-refractivity contribution in [3.8, 4) is 0 Å². The summed E-state index contributed by atoms with van der Waals surface area (Å²) >= 11 is 0. The van der Waals surface area contributed by atoms with Gasteiger partial charge in [0.25, 0.3) is 0 Å². The topological polar surface area (TPSA) is 118 Å². The van der Waals surface area contributed by atoms with Crippen molar-refractivity contribution in [2.45, 2.75) is 89.9 Å². The quantitative estimate of drug-likeness (QED) is 0.386. The number of ether oxygens (including phenoxy) is 4. The fourth-order valence-electron chi connectivity index (χ4n) is 6.69. The molecule has 1 aliphatic heterocycles. The first-order valence-corrected chi connectivity index (χ1v) is 13.2. The fraction of sp³-hybridized carbons (Fsp3) is 0.786. The first-order chi connectivity index (χ1) is 17.0. The molecule has 0 bridgehead atoms. The summed E-state index contributed by atoms with van der Waals surface area (Å²) in [6.07, 6.45) is -0.726. The SMILES string of the molecule is COCC1=CC[C@@H]2C1=C[C@@]1(C)CCC(C(C)C)=C1[C@@H](O[C@H]1O[C@H](COC)[C@@H](O)[C@H](O)[C@H]1O)[C@H](O)[C@@H]2C. The van der Waals surface area contributed by atoms with Crippen molar-refractivity contribution in [2.75, 3.05) is 27.4 Å². The Kier molecular flexibility index (Phi) is 8.49. The van der Waals surface area contributed by atoms with E-state index in [0.29, 0.717) is 6.61 Å². The molecule has 0 spiro atoms. The Morgan fingerprint density at radius 2 is 1.78 bits per heavy atom. The lowest BCUT2D eigenvalue weighted by molar-refractivity contribution is -0.316. The largest absolute Gasteiger partial charge is 0.390 e. The van der Waals surface area contributed by atoms with Gasteiger partial charge in [0.15, 0.2) is 6.29 Å². The minimum atomic E-state index is -1.47. The van der Waals surface area contributed by atoms with E-state index >= 15 is 0 Å². The van der Waals surface area contributed by atoms with Crippen molar-refractivity contribution in [2.24, 2.45) is 23.2 Å². The fourth-order valence-corrected chi connectivity index (χ4v) is 6.69. The van der Waals surface area contributed by atoms with Crippen LogP contribution in [0.5, 0.6) is 0 Å². The van der Waals surface area contributed by atoms with E-state index in [2.05, 4.69) is 32.9 Å². The van der Waals surface area contributed by atoms with Crippen LogP contribution in [0.1, 0.15) is 47.0 Å². The van der Waals surface area contributed by atoms with Crippen LogP contribution in [0.25, 0.3) is 0 Å². The second-order valence-corrected chi connectivity index (χ2v) is 11.5. The van der Waals surface area contributed by atoms with Crippen molar-refractivity contribution in [1.29, 1.82) is 0 Å². The van der Waals surface area contributed by atoms with Crippen molar-refractivity contribution >= 4 is 0 Å². The summed E-state index contributed by atoms with van der Waals surface area (Å²) in [4.78, 5) is 0. The summed E-state index contributed by atoms with van der Waals surface area (Å²) in [5, 5.41) is 43.5. The summed E-state index contributed by atoms with van der Waals surface area (Å²) in [7, 11) is 3.18. The molecule has 0 saturated carbocycles. The average Bonchev–Trinajstić information content (AvgIpc) is 3.38. The summed E-state index contributed by atoms with van der Waals surface area (Å²) in [6.45, 7) is 9.13. The van der Waals surface area contributed by atoms with Crippen LogP contribution in [0.2, 0.25) is 0 Å². The van der Waals surface area contributed by atoms with E-state index in [1.54, 1.807) is 7.11 Å². The van der Waals surface area contributed by atoms with Crippen LogP contribution in [-0.4, -0.2) is 90.8 Å². The third kappa shape index (κ3) is 4.87. The van der Waals surface area contributed by atoms with Crippen molar-refractivity contribution in [1.82, 2.24) is 0 Å². The van der Waals surface area contributed by atoms with E-state index in [1.165, 1.54) is 23.8 Å². The second kappa shape index (κ2) is 10.9. The highest BCUT2D eigenvalue weighted by Gasteiger charge is 2.51. The van der Waals surface area contributed by atoms with Crippen LogP contribution in [0, 0.1) is 23.2 Å². The lowest BCUT2D eigenvalue weighted by Gasteiger charge is -2.46. The smallest absolute Gasteiger partial charge is 0.187 e. The van der Waals surface area contributed by atoms with Gasteiger partial charge in [-0.3, -0.25) is 0 Å². The van der Waals surface area contributed by atoms with Gasteiger partial charge >= 0.3 is 0 Å². The van der Waals surface area contributed by atoms with Gasteiger partial charge in [-0.2, -0.15) is 0 Å². The number of fused-ring (bicyclic) bond motifs is 2. The molecule has 0 aromatic heterocycles. The maximum atomic E-state index is 11.9. The Balaban J connectivity index is 1.76. The van der Waals surface area contributed by atoms with Gasteiger partial charge in [0.05, 0.1) is 19.3 Å². The highest BCUT2D eigenvalue weighted by atomic mass is 16.7. The van der Waals surface area contributed by atoms with Gasteiger partial charge < -0.3 is 39.4 Å². The van der Waals surface area contributed by atoms with Gasteiger partial charge in [-0.25, -0.2) is 0 Å². The minimum absolute atomic E-state index is 0.0359. The standard InChI is InChI=1S/C28H44O8/c1-14(2)17-9-10-28(4)11-19-16(12-33-5)7-8-18(19)15(3)22(29)26(21(17)28)36-27-25(32)24(31)23(30)20(35-27)13-34-6/h7,11,14-15,18,20,22-27,29-32H,8-10,12-13H2,1-6H3/t15-,18+,20-,22-,23-,24+,25-,26-,27-,28-/m1/s1. The second-order valence-electron chi connectivity index (χ2n) is 11.5. The molecule has 4 aliphatic rings. The number of aliphatic hydroxyl groups is 4. The Morgan fingerprint density at radius 3 is 2.42 bits per heavy atom. The van der Waals surface area contributed by atoms with Crippen molar-refractivity contribution in [3.05, 3.63) is 34.4 Å². The Hall–Kier alpha value is -1.10. The highest BCUT2D eigenvalue weighted by Crippen LogP contribution is 2.54. The minimum Gasteiger partial charge on any atom is -0.390 e. The molecule has 4 N–H and O–H groups in total. The van der Waals surface area contributed by atoms with Gasteiger partial charge in [-0.15, -0.1) is 0 Å². The molecule has 0 radical (unpaired) electrons. The Morgan fingerprint density at radius 1 is 1.06 bits per heavy atom. The Labute approximate surface area is 214 Å². The predicted molar refractivity (Wildman–Crippen MR) is 134 cm³/mol. The molecule has 1 fully saturated rings. The highest BCUT2D eigenvalue weighted by molar-refractivity contribution is 5.47. The molecule has 0 unspecified atom stereocenters. The van der Waals surface area contributed by atoms with Crippen LogP contribution < -0.4 is 0 Å². The van der Waals surface area contributed by atoms with Crippen LogP contribution in [-0.2, 0) is 18.9 Å². The van der Waals surface area contributed by atoms with Gasteiger partial charge in [0.1, 0.15) is 30.5 Å². The summed E-state index contributed by atoms with van der Waals surface area (Å²) in [5.41, 5.74) is 4.37. The van der Waals surface area contributed by atoms with Crippen LogP contribution in [0.4, 0.5) is 0 Å². The number of methoxy groups -OCH3 is 2. The van der Waals surface area contributed by atoms with Crippen molar-refractivity contribution in [3.63, 3.8) is 0 Å². The molecular weight excluding hydrogens is 464 g/mol. The molecular formula is C28H44O8. The molecule has 204 valence electrons. The monoisotopic (exact) mass is 508 g/mol. The van der Waals surface area contributed by atoms with Crippen molar-refractivity contribution < 1.29 is 39.4 Å². The summed E-state index contributed by atoms with van der Waals surface area (Å²) in [6, 6.07) is 0. The van der Waals surface area contributed by atoms with Gasteiger partial charge in [0.2, 0.25) is 0 Å². The number of rotatable bonds is 7. The normalized spacial score (nSPS) is 43.1. The first-order valence-electron chi connectivity index (χ1n) is 13.2. The number of aliphatic hydroxyl groups excluding tert-OH is 4. The first kappa shape index (κ1) is 27.9. The van der Waals surface area contributed by atoms with E-state index in [0.717, 1.165) is 24.8 Å². The van der Waals surface area contributed by atoms with E-state index < -0.39 is 42.9 Å². The molecule has 0 aromatic carbocycles. The zero-order valence-corrected chi connectivity index (χ0v) is 22.4. The van der Waals surface area contributed by atoms with E-state index in [-0.39, 0.29) is 29.8 Å². The molecule has 1 heterocycles. The zero-order valence-electron chi connectivity index (χ0n) is 22.4. The summed E-state index contributed by atoms with van der Waals surface area (Å²) < 4.78 is 23.0. The average molecular weight is 509 g/mol. The molecule has 1 saturated heterocycles. The third-order valence-corrected chi connectivity index (χ3v) is 8.78. The molecule has 10 atom stereocenters. The molecule has 4 rings (SSSR count). The van der Waals surface area contributed by atoms with E-state index in [4.69, 9.17) is 18.9 Å². The molecule has 8 heteroatoms. The van der Waals surface area contributed by atoms with E-state index in [1.807, 2.05) is 6.92 Å². The third-order valence-electron chi connectivity index (χ3n) is 8.78. The number of hydrogen-bond donors (Lipinski definition) is 4. The van der Waals surface area contributed by atoms with E-state index in [9.17, 15) is 20.4 Å². The zero-order chi connectivity index (χ0) is 26.4. The molecule has 0 amide bonds. The molecule has 0 aromatic rings. The predicted octanol–water partition coefficient (Wildman–Crippen LogP) is 2.11. The Bertz CT molecular complexity index is 894. The molecule has 36 heavy (non-hydrogen) atoms. The van der Waals surface area contributed by atoms with Gasteiger partial charge in [-0.1, -0.05) is 45.4 Å². The van der Waals surface area contributed by atoms with Crippen LogP contribution in [0.3, 0.4) is 0 Å². The maximum absolute atomic E-state index is 11.9. The number of allylic oxidation sites excluding steroid dienone is 3. The lowest BCUT2D eigenvalue weighted by atomic mass is 9.68. The van der Waals surface area contributed by atoms with Gasteiger partial charge in [-0.05, 0) is 53.7 Å². The van der Waals surface area contributed by atoms with Crippen LogP contribution in [0.15, 0.2) is 34.4 Å². The maximum Gasteiger partial charge on any atom is 0.187 e. The summed E-state index contributed by atoms with van der Waals surface area (Å²) in [5.74, 6) is 0.250. The lowest BCUT2D eigenvalue weighted by Crippen LogP contribution is -2.61.